The number of carbonyl (C=O) groups excluding carboxylic acids is 1. The van der Waals surface area contributed by atoms with Crippen LogP contribution in [0.15, 0.2) is 42.5 Å². The number of rotatable bonds is 6. The van der Waals surface area contributed by atoms with Crippen molar-refractivity contribution in [3.63, 3.8) is 0 Å². The van der Waals surface area contributed by atoms with Crippen LogP contribution >= 0.6 is 0 Å². The number of halogens is 2. The van der Waals surface area contributed by atoms with E-state index < -0.39 is 11.6 Å². The Morgan fingerprint density at radius 1 is 1.14 bits per heavy atom. The van der Waals surface area contributed by atoms with E-state index in [1.54, 1.807) is 13.2 Å². The minimum atomic E-state index is -0.800. The lowest BCUT2D eigenvalue weighted by molar-refractivity contribution is -0.116. The van der Waals surface area contributed by atoms with Crippen molar-refractivity contribution in [2.75, 3.05) is 24.3 Å². The highest BCUT2D eigenvalue weighted by Gasteiger charge is 2.08. The van der Waals surface area contributed by atoms with Crippen LogP contribution in [-0.2, 0) is 4.79 Å². The molecule has 0 aliphatic carbocycles. The van der Waals surface area contributed by atoms with Crippen LogP contribution in [0.1, 0.15) is 6.42 Å². The van der Waals surface area contributed by atoms with E-state index in [0.717, 1.165) is 17.8 Å². The van der Waals surface area contributed by atoms with Gasteiger partial charge in [-0.1, -0.05) is 12.1 Å². The van der Waals surface area contributed by atoms with Crippen LogP contribution in [0.2, 0.25) is 0 Å². The standard InChI is InChI=1S/C16H16F2N2O2/c1-22-15-5-3-2-4-14(15)19-9-8-16(21)20-13-7-6-11(17)10-12(13)18/h2-7,10,19H,8-9H2,1H3,(H,20,21). The Bertz CT molecular complexity index is 662. The Balaban J connectivity index is 1.85. The maximum Gasteiger partial charge on any atom is 0.226 e. The lowest BCUT2D eigenvalue weighted by Crippen LogP contribution is -2.17. The van der Waals surface area contributed by atoms with Gasteiger partial charge in [0.05, 0.1) is 18.5 Å². The first-order valence-corrected chi connectivity index (χ1v) is 6.72. The minimum Gasteiger partial charge on any atom is -0.495 e. The van der Waals surface area contributed by atoms with Gasteiger partial charge in [-0.2, -0.15) is 0 Å². The van der Waals surface area contributed by atoms with Crippen molar-refractivity contribution in [2.24, 2.45) is 0 Å². The van der Waals surface area contributed by atoms with E-state index in [1.807, 2.05) is 18.2 Å². The van der Waals surface area contributed by atoms with Gasteiger partial charge in [0.25, 0.3) is 0 Å². The van der Waals surface area contributed by atoms with E-state index in [9.17, 15) is 13.6 Å². The fourth-order valence-corrected chi connectivity index (χ4v) is 1.90. The summed E-state index contributed by atoms with van der Waals surface area (Å²) in [6.45, 7) is 0.356. The van der Waals surface area contributed by atoms with Gasteiger partial charge in [-0.25, -0.2) is 8.78 Å². The zero-order valence-electron chi connectivity index (χ0n) is 12.0. The average molecular weight is 306 g/mol. The molecule has 2 aromatic carbocycles. The first-order valence-electron chi connectivity index (χ1n) is 6.72. The van der Waals surface area contributed by atoms with Crippen molar-refractivity contribution >= 4 is 17.3 Å². The number of carbonyl (C=O) groups is 1. The van der Waals surface area contributed by atoms with E-state index in [1.165, 1.54) is 6.07 Å². The zero-order valence-corrected chi connectivity index (χ0v) is 12.0. The Morgan fingerprint density at radius 3 is 2.64 bits per heavy atom. The van der Waals surface area contributed by atoms with Crippen LogP contribution < -0.4 is 15.4 Å². The fraction of sp³-hybridized carbons (Fsp3) is 0.188. The van der Waals surface area contributed by atoms with Crippen LogP contribution in [0, 0.1) is 11.6 Å². The molecule has 116 valence electrons. The van der Waals surface area contributed by atoms with Gasteiger partial charge in [0.1, 0.15) is 17.4 Å². The van der Waals surface area contributed by atoms with Gasteiger partial charge >= 0.3 is 0 Å². The number of benzene rings is 2. The number of methoxy groups -OCH3 is 1. The van der Waals surface area contributed by atoms with E-state index in [4.69, 9.17) is 4.74 Å². The lowest BCUT2D eigenvalue weighted by Gasteiger charge is -2.11. The molecule has 0 saturated heterocycles. The Labute approximate surface area is 127 Å². The highest BCUT2D eigenvalue weighted by atomic mass is 19.1. The summed E-state index contributed by atoms with van der Waals surface area (Å²) >= 11 is 0. The summed E-state index contributed by atoms with van der Waals surface area (Å²) in [6, 6.07) is 10.3. The maximum atomic E-state index is 13.4. The predicted octanol–water partition coefficient (Wildman–Crippen LogP) is 3.41. The van der Waals surface area contributed by atoms with Crippen molar-refractivity contribution in [3.05, 3.63) is 54.1 Å². The van der Waals surface area contributed by atoms with Gasteiger partial charge in [-0.3, -0.25) is 4.79 Å². The molecule has 0 fully saturated rings. The van der Waals surface area contributed by atoms with Gasteiger partial charge in [0.15, 0.2) is 0 Å². The number of hydrogen-bond donors (Lipinski definition) is 2. The number of nitrogens with one attached hydrogen (secondary N) is 2. The molecule has 0 radical (unpaired) electrons. The van der Waals surface area contributed by atoms with Gasteiger partial charge in [-0.05, 0) is 24.3 Å². The summed E-state index contributed by atoms with van der Waals surface area (Å²) in [4.78, 5) is 11.8. The van der Waals surface area contributed by atoms with Crippen LogP contribution in [-0.4, -0.2) is 19.6 Å². The number of ether oxygens (including phenoxy) is 1. The van der Waals surface area contributed by atoms with Crippen molar-refractivity contribution in [1.29, 1.82) is 0 Å². The molecule has 0 bridgehead atoms. The van der Waals surface area contributed by atoms with E-state index in [2.05, 4.69) is 10.6 Å². The molecule has 0 aliphatic heterocycles. The molecule has 0 unspecified atom stereocenters. The maximum absolute atomic E-state index is 13.4. The predicted molar refractivity (Wildman–Crippen MR) is 81.1 cm³/mol. The average Bonchev–Trinajstić information content (AvgIpc) is 2.50. The number of anilines is 2. The SMILES string of the molecule is COc1ccccc1NCCC(=O)Nc1ccc(F)cc1F. The van der Waals surface area contributed by atoms with Crippen molar-refractivity contribution in [2.45, 2.75) is 6.42 Å². The molecule has 2 aromatic rings. The van der Waals surface area contributed by atoms with E-state index in [0.29, 0.717) is 12.3 Å². The normalized spacial score (nSPS) is 10.1. The van der Waals surface area contributed by atoms with Gasteiger partial charge in [-0.15, -0.1) is 0 Å². The molecule has 6 heteroatoms. The zero-order chi connectivity index (χ0) is 15.9. The smallest absolute Gasteiger partial charge is 0.226 e. The van der Waals surface area contributed by atoms with Crippen molar-refractivity contribution in [1.82, 2.24) is 0 Å². The first-order chi connectivity index (χ1) is 10.6. The summed E-state index contributed by atoms with van der Waals surface area (Å²) in [5, 5.41) is 5.47. The lowest BCUT2D eigenvalue weighted by atomic mass is 10.2. The topological polar surface area (TPSA) is 50.4 Å². The molecule has 22 heavy (non-hydrogen) atoms. The number of para-hydroxylation sites is 2. The Hall–Kier alpha value is -2.63. The van der Waals surface area contributed by atoms with Crippen LogP contribution in [0.5, 0.6) is 5.75 Å². The molecule has 4 nitrogen and oxygen atoms in total. The third kappa shape index (κ3) is 4.18. The first kappa shape index (κ1) is 15.8. The molecular formula is C16H16F2N2O2. The van der Waals surface area contributed by atoms with Gasteiger partial charge in [0, 0.05) is 19.0 Å². The summed E-state index contributed by atoms with van der Waals surface area (Å²) in [5.41, 5.74) is 0.731. The monoisotopic (exact) mass is 306 g/mol. The summed E-state index contributed by atoms with van der Waals surface area (Å²) in [7, 11) is 1.56. The molecule has 0 spiro atoms. The quantitative estimate of drug-likeness (QED) is 0.860. The van der Waals surface area contributed by atoms with E-state index in [-0.39, 0.29) is 18.0 Å². The highest BCUT2D eigenvalue weighted by molar-refractivity contribution is 5.91. The second kappa shape index (κ2) is 7.40. The second-order valence-corrected chi connectivity index (χ2v) is 4.55. The minimum absolute atomic E-state index is 0.0382. The molecule has 1 amide bonds. The molecule has 0 aromatic heterocycles. The van der Waals surface area contributed by atoms with E-state index >= 15 is 0 Å². The Morgan fingerprint density at radius 2 is 1.91 bits per heavy atom. The molecule has 0 heterocycles. The fourth-order valence-electron chi connectivity index (χ4n) is 1.90. The molecule has 0 saturated carbocycles. The van der Waals surface area contributed by atoms with Crippen molar-refractivity contribution in [3.8, 4) is 5.75 Å². The van der Waals surface area contributed by atoms with Crippen LogP contribution in [0.25, 0.3) is 0 Å². The summed E-state index contributed by atoms with van der Waals surface area (Å²) < 4.78 is 31.4. The number of amides is 1. The Kier molecular flexibility index (Phi) is 5.30. The third-order valence-corrected chi connectivity index (χ3v) is 2.98. The third-order valence-electron chi connectivity index (χ3n) is 2.98. The molecule has 2 N–H and O–H groups in total. The summed E-state index contributed by atoms with van der Waals surface area (Å²) in [6.07, 6.45) is 0.134. The largest absolute Gasteiger partial charge is 0.495 e. The van der Waals surface area contributed by atoms with Gasteiger partial charge < -0.3 is 15.4 Å². The van der Waals surface area contributed by atoms with Crippen LogP contribution in [0.3, 0.4) is 0 Å². The second-order valence-electron chi connectivity index (χ2n) is 4.55. The molecule has 0 atom stereocenters. The molecule has 2 rings (SSSR count). The van der Waals surface area contributed by atoms with Crippen molar-refractivity contribution < 1.29 is 18.3 Å². The summed E-state index contributed by atoms with van der Waals surface area (Å²) in [5.74, 6) is -1.18. The molecular weight excluding hydrogens is 290 g/mol. The highest BCUT2D eigenvalue weighted by Crippen LogP contribution is 2.22. The van der Waals surface area contributed by atoms with Crippen LogP contribution in [0.4, 0.5) is 20.2 Å². The number of hydrogen-bond acceptors (Lipinski definition) is 3. The van der Waals surface area contributed by atoms with Gasteiger partial charge in [0.2, 0.25) is 5.91 Å². The molecule has 0 aliphatic rings.